The lowest BCUT2D eigenvalue weighted by atomic mass is 9.97. The highest BCUT2D eigenvalue weighted by molar-refractivity contribution is 5.04. The predicted octanol–water partition coefficient (Wildman–Crippen LogP) is 2.28. The van der Waals surface area contributed by atoms with Crippen molar-refractivity contribution in [2.24, 2.45) is 11.8 Å². The number of nitrogens with one attached hydrogen (secondary N) is 1. The molecule has 0 bridgehead atoms. The minimum atomic E-state index is 0.495. The second-order valence-corrected chi connectivity index (χ2v) is 6.51. The van der Waals surface area contributed by atoms with E-state index in [0.717, 1.165) is 56.0 Å². The van der Waals surface area contributed by atoms with Gasteiger partial charge in [-0.05, 0) is 44.3 Å². The highest BCUT2D eigenvalue weighted by Gasteiger charge is 2.20. The van der Waals surface area contributed by atoms with Crippen molar-refractivity contribution < 1.29 is 9.26 Å². The van der Waals surface area contributed by atoms with Gasteiger partial charge < -0.3 is 14.6 Å². The normalized spacial score (nSPS) is 20.3. The molecule has 5 nitrogen and oxygen atoms in total. The van der Waals surface area contributed by atoms with Gasteiger partial charge in [0.1, 0.15) is 6.61 Å². The first-order valence-electron chi connectivity index (χ1n) is 8.04. The average molecular weight is 295 g/mol. The first kappa shape index (κ1) is 16.5. The van der Waals surface area contributed by atoms with E-state index < -0.39 is 0 Å². The second-order valence-electron chi connectivity index (χ2n) is 6.51. The summed E-state index contributed by atoms with van der Waals surface area (Å²) in [4.78, 5) is 2.49. The Kier molecular flexibility index (Phi) is 6.67. The van der Waals surface area contributed by atoms with Gasteiger partial charge in [-0.1, -0.05) is 19.0 Å². The van der Waals surface area contributed by atoms with Gasteiger partial charge in [0.2, 0.25) is 0 Å². The third-order valence-corrected chi connectivity index (χ3v) is 3.87. The Balaban J connectivity index is 1.75. The van der Waals surface area contributed by atoms with Crippen LogP contribution in [0.3, 0.4) is 0 Å². The molecular formula is C16H29N3O2. The van der Waals surface area contributed by atoms with Crippen molar-refractivity contribution in [2.75, 3.05) is 33.3 Å². The number of piperidine rings is 1. The summed E-state index contributed by atoms with van der Waals surface area (Å²) in [6.45, 7) is 10.4. The Bertz CT molecular complexity index is 406. The van der Waals surface area contributed by atoms with Crippen molar-refractivity contribution in [3.63, 3.8) is 0 Å². The molecule has 21 heavy (non-hydrogen) atoms. The molecule has 0 radical (unpaired) electrons. The molecule has 2 rings (SSSR count). The van der Waals surface area contributed by atoms with Crippen molar-refractivity contribution >= 4 is 0 Å². The van der Waals surface area contributed by atoms with E-state index in [0.29, 0.717) is 6.61 Å². The minimum Gasteiger partial charge on any atom is -0.377 e. The molecule has 0 aliphatic carbocycles. The van der Waals surface area contributed by atoms with E-state index in [-0.39, 0.29) is 0 Å². The predicted molar refractivity (Wildman–Crippen MR) is 82.9 cm³/mol. The summed E-state index contributed by atoms with van der Waals surface area (Å²) in [5, 5.41) is 7.71. The van der Waals surface area contributed by atoms with Gasteiger partial charge in [-0.15, -0.1) is 0 Å². The summed E-state index contributed by atoms with van der Waals surface area (Å²) in [7, 11) is 1.67. The zero-order chi connectivity index (χ0) is 15.1. The van der Waals surface area contributed by atoms with Crippen molar-refractivity contribution in [2.45, 2.75) is 39.8 Å². The number of hydrogen-bond donors (Lipinski definition) is 1. The van der Waals surface area contributed by atoms with Gasteiger partial charge in [-0.2, -0.15) is 0 Å². The number of rotatable bonds is 8. The van der Waals surface area contributed by atoms with E-state index in [1.165, 1.54) is 12.8 Å². The highest BCUT2D eigenvalue weighted by atomic mass is 16.5. The van der Waals surface area contributed by atoms with Crippen LogP contribution < -0.4 is 5.32 Å². The summed E-state index contributed by atoms with van der Waals surface area (Å²) < 4.78 is 10.3. The zero-order valence-corrected chi connectivity index (χ0v) is 13.6. The first-order chi connectivity index (χ1) is 10.2. The zero-order valence-electron chi connectivity index (χ0n) is 13.6. The lowest BCUT2D eigenvalue weighted by Crippen LogP contribution is -2.39. The van der Waals surface area contributed by atoms with Gasteiger partial charge in [-0.25, -0.2) is 0 Å². The number of ether oxygens (including phenoxy) is 1. The summed E-state index contributed by atoms with van der Waals surface area (Å²) in [5.74, 6) is 2.28. The first-order valence-corrected chi connectivity index (χ1v) is 8.04. The lowest BCUT2D eigenvalue weighted by molar-refractivity contribution is 0.152. The molecule has 5 heteroatoms. The molecule has 1 N–H and O–H groups in total. The fourth-order valence-corrected chi connectivity index (χ4v) is 2.91. The molecule has 1 aliphatic heterocycles. The van der Waals surface area contributed by atoms with Crippen LogP contribution in [-0.4, -0.2) is 43.3 Å². The molecule has 120 valence electrons. The van der Waals surface area contributed by atoms with Crippen molar-refractivity contribution in [3.8, 4) is 0 Å². The van der Waals surface area contributed by atoms with E-state index in [1.807, 2.05) is 6.07 Å². The summed E-state index contributed by atoms with van der Waals surface area (Å²) in [6, 6.07) is 2.00. The van der Waals surface area contributed by atoms with Crippen LogP contribution in [0.4, 0.5) is 0 Å². The molecular weight excluding hydrogens is 266 g/mol. The molecule has 1 saturated heterocycles. The third kappa shape index (κ3) is 5.77. The van der Waals surface area contributed by atoms with Gasteiger partial charge in [0, 0.05) is 26.3 Å². The molecule has 1 aromatic heterocycles. The molecule has 2 heterocycles. The monoisotopic (exact) mass is 295 g/mol. The molecule has 1 aliphatic rings. The molecule has 1 fully saturated rings. The van der Waals surface area contributed by atoms with Crippen molar-refractivity contribution in [1.29, 1.82) is 0 Å². The maximum Gasteiger partial charge on any atom is 0.162 e. The molecule has 0 saturated carbocycles. The van der Waals surface area contributed by atoms with Crippen molar-refractivity contribution in [1.82, 2.24) is 15.4 Å². The largest absolute Gasteiger partial charge is 0.377 e. The highest BCUT2D eigenvalue weighted by Crippen LogP contribution is 2.18. The van der Waals surface area contributed by atoms with Gasteiger partial charge >= 0.3 is 0 Å². The van der Waals surface area contributed by atoms with Crippen LogP contribution in [0.5, 0.6) is 0 Å². The van der Waals surface area contributed by atoms with E-state index in [4.69, 9.17) is 9.26 Å². The maximum atomic E-state index is 5.25. The van der Waals surface area contributed by atoms with Crippen LogP contribution in [0.1, 0.15) is 38.1 Å². The number of aromatic nitrogens is 1. The second kappa shape index (κ2) is 8.51. The summed E-state index contributed by atoms with van der Waals surface area (Å²) >= 11 is 0. The van der Waals surface area contributed by atoms with Gasteiger partial charge in [0.05, 0.1) is 5.69 Å². The average Bonchev–Trinajstić information content (AvgIpc) is 2.86. The summed E-state index contributed by atoms with van der Waals surface area (Å²) in [6.07, 6.45) is 2.60. The standard InChI is InChI=1S/C16H29N3O2/c1-13(2)8-17-9-14-5-4-6-19(10-14)11-15-7-16(12-20-3)21-18-15/h7,13-14,17H,4-6,8-12H2,1-3H3. The van der Waals surface area contributed by atoms with E-state index >= 15 is 0 Å². The Hall–Kier alpha value is -0.910. The number of hydrogen-bond acceptors (Lipinski definition) is 5. The Morgan fingerprint density at radius 2 is 2.38 bits per heavy atom. The smallest absolute Gasteiger partial charge is 0.162 e. The van der Waals surface area contributed by atoms with Gasteiger partial charge in [0.15, 0.2) is 5.76 Å². The Labute approximate surface area is 128 Å². The third-order valence-electron chi connectivity index (χ3n) is 3.87. The van der Waals surface area contributed by atoms with E-state index in [1.54, 1.807) is 7.11 Å². The van der Waals surface area contributed by atoms with Crippen LogP contribution in [0.15, 0.2) is 10.6 Å². The van der Waals surface area contributed by atoms with Crippen LogP contribution in [0.2, 0.25) is 0 Å². The molecule has 0 amide bonds. The lowest BCUT2D eigenvalue weighted by Gasteiger charge is -2.32. The van der Waals surface area contributed by atoms with E-state index in [9.17, 15) is 0 Å². The number of likely N-dealkylation sites (tertiary alicyclic amines) is 1. The number of methoxy groups -OCH3 is 1. The van der Waals surface area contributed by atoms with Gasteiger partial charge in [-0.3, -0.25) is 4.90 Å². The maximum absolute atomic E-state index is 5.25. The SMILES string of the molecule is COCc1cc(CN2CCCC(CNCC(C)C)C2)no1. The fourth-order valence-electron chi connectivity index (χ4n) is 2.91. The van der Waals surface area contributed by atoms with Gasteiger partial charge in [0.25, 0.3) is 0 Å². The Morgan fingerprint density at radius 1 is 1.52 bits per heavy atom. The molecule has 1 unspecified atom stereocenters. The van der Waals surface area contributed by atoms with Crippen LogP contribution in [0.25, 0.3) is 0 Å². The van der Waals surface area contributed by atoms with Crippen molar-refractivity contribution in [3.05, 3.63) is 17.5 Å². The molecule has 0 aromatic carbocycles. The topological polar surface area (TPSA) is 50.5 Å². The fraction of sp³-hybridized carbons (Fsp3) is 0.812. The Morgan fingerprint density at radius 3 is 3.14 bits per heavy atom. The van der Waals surface area contributed by atoms with Crippen LogP contribution >= 0.6 is 0 Å². The van der Waals surface area contributed by atoms with E-state index in [2.05, 4.69) is 29.2 Å². The quantitative estimate of drug-likeness (QED) is 0.797. The molecule has 1 atom stereocenters. The van der Waals surface area contributed by atoms with Crippen LogP contribution in [-0.2, 0) is 17.9 Å². The molecule has 0 spiro atoms. The number of nitrogens with zero attached hydrogens (tertiary/aromatic N) is 2. The van der Waals surface area contributed by atoms with Crippen LogP contribution in [0, 0.1) is 11.8 Å². The molecule has 1 aromatic rings. The summed E-state index contributed by atoms with van der Waals surface area (Å²) in [5.41, 5.74) is 1.01. The minimum absolute atomic E-state index is 0.495.